The minimum atomic E-state index is -0.161. The van der Waals surface area contributed by atoms with E-state index in [-0.39, 0.29) is 17.2 Å². The van der Waals surface area contributed by atoms with E-state index in [2.05, 4.69) is 16.4 Å². The number of ketones is 1. The molecule has 0 radical (unpaired) electrons. The summed E-state index contributed by atoms with van der Waals surface area (Å²) in [6.45, 7) is 7.04. The lowest BCUT2D eigenvalue weighted by atomic mass is 9.91. The van der Waals surface area contributed by atoms with Gasteiger partial charge in [-0.15, -0.1) is 11.3 Å². The molecule has 0 aromatic carbocycles. The van der Waals surface area contributed by atoms with Crippen LogP contribution in [0.2, 0.25) is 0 Å². The third-order valence-electron chi connectivity index (χ3n) is 3.51. The van der Waals surface area contributed by atoms with Crippen LogP contribution in [0.1, 0.15) is 55.6 Å². The SMILES string of the molecule is CC(C)(C)c1nc(CC(=O)[C@@H]2CCCCN2)sc1C#N. The smallest absolute Gasteiger partial charge is 0.156 e. The Balaban J connectivity index is 2.12. The lowest BCUT2D eigenvalue weighted by Gasteiger charge is -2.21. The van der Waals surface area contributed by atoms with Crippen molar-refractivity contribution in [2.45, 2.75) is 57.9 Å². The van der Waals surface area contributed by atoms with Gasteiger partial charge in [-0.1, -0.05) is 27.2 Å². The van der Waals surface area contributed by atoms with Gasteiger partial charge in [0.1, 0.15) is 16.0 Å². The van der Waals surface area contributed by atoms with Crippen LogP contribution in [0.15, 0.2) is 0 Å². The molecule has 0 bridgehead atoms. The van der Waals surface area contributed by atoms with E-state index in [1.807, 2.05) is 20.8 Å². The van der Waals surface area contributed by atoms with Crippen LogP contribution >= 0.6 is 11.3 Å². The monoisotopic (exact) mass is 291 g/mol. The summed E-state index contributed by atoms with van der Waals surface area (Å²) in [6, 6.07) is 2.17. The second-order valence-electron chi connectivity index (χ2n) is 6.29. The van der Waals surface area contributed by atoms with E-state index < -0.39 is 0 Å². The first-order valence-electron chi connectivity index (χ1n) is 7.08. The zero-order chi connectivity index (χ0) is 14.8. The highest BCUT2D eigenvalue weighted by atomic mass is 32.1. The van der Waals surface area contributed by atoms with E-state index in [1.165, 1.54) is 11.3 Å². The summed E-state index contributed by atoms with van der Waals surface area (Å²) in [5, 5.41) is 13.2. The van der Waals surface area contributed by atoms with Gasteiger partial charge in [0.05, 0.1) is 18.2 Å². The summed E-state index contributed by atoms with van der Waals surface area (Å²) in [7, 11) is 0. The van der Waals surface area contributed by atoms with Gasteiger partial charge in [0.15, 0.2) is 5.78 Å². The molecule has 0 aliphatic carbocycles. The third kappa shape index (κ3) is 3.44. The fourth-order valence-corrected chi connectivity index (χ4v) is 3.50. The largest absolute Gasteiger partial charge is 0.307 e. The van der Waals surface area contributed by atoms with Gasteiger partial charge in [0, 0.05) is 5.41 Å². The second kappa shape index (κ2) is 6.02. The molecule has 1 atom stereocenters. The molecular formula is C15H21N3OS. The Morgan fingerprint density at radius 2 is 2.25 bits per heavy atom. The minimum absolute atomic E-state index is 0.0312. The van der Waals surface area contributed by atoms with Crippen LogP contribution in [-0.2, 0) is 16.6 Å². The number of carbonyl (C=O) groups excluding carboxylic acids is 1. The summed E-state index contributed by atoms with van der Waals surface area (Å²) >= 11 is 1.36. The van der Waals surface area contributed by atoms with Crippen molar-refractivity contribution in [3.05, 3.63) is 15.6 Å². The number of Topliss-reactive ketones (excluding diaryl/α,β-unsaturated/α-hetero) is 1. The van der Waals surface area contributed by atoms with Crippen LogP contribution in [0.5, 0.6) is 0 Å². The van der Waals surface area contributed by atoms with Gasteiger partial charge in [0.25, 0.3) is 0 Å². The zero-order valence-corrected chi connectivity index (χ0v) is 13.1. The fraction of sp³-hybridized carbons (Fsp3) is 0.667. The van der Waals surface area contributed by atoms with Crippen molar-refractivity contribution < 1.29 is 4.79 Å². The maximum Gasteiger partial charge on any atom is 0.156 e. The molecule has 0 unspecified atom stereocenters. The number of thiazole rings is 1. The summed E-state index contributed by atoms with van der Waals surface area (Å²) in [5.41, 5.74) is 0.649. The number of rotatable bonds is 3. The summed E-state index contributed by atoms with van der Waals surface area (Å²) < 4.78 is 0. The molecule has 2 heterocycles. The molecule has 1 N–H and O–H groups in total. The maximum absolute atomic E-state index is 12.2. The molecule has 1 aliphatic rings. The van der Waals surface area contributed by atoms with Crippen molar-refractivity contribution >= 4 is 17.1 Å². The summed E-state index contributed by atoms with van der Waals surface area (Å²) in [5.74, 6) is 0.198. The standard InChI is InChI=1S/C15H21N3OS/c1-15(2,3)14-12(9-16)20-13(18-14)8-11(19)10-6-4-5-7-17-10/h10,17H,4-8H2,1-3H3/t10-/m0/s1. The molecule has 1 fully saturated rings. The van der Waals surface area contributed by atoms with E-state index in [0.717, 1.165) is 36.5 Å². The highest BCUT2D eigenvalue weighted by molar-refractivity contribution is 7.12. The molecule has 1 aromatic rings. The molecule has 108 valence electrons. The highest BCUT2D eigenvalue weighted by Crippen LogP contribution is 2.29. The van der Waals surface area contributed by atoms with Crippen LogP contribution in [-0.4, -0.2) is 23.4 Å². The first-order valence-corrected chi connectivity index (χ1v) is 7.90. The normalized spacial score (nSPS) is 19.6. The number of piperidine rings is 1. The Bertz CT molecular complexity index is 530. The number of hydrogen-bond donors (Lipinski definition) is 1. The number of hydrogen-bond acceptors (Lipinski definition) is 5. The lowest BCUT2D eigenvalue weighted by molar-refractivity contribution is -0.120. The topological polar surface area (TPSA) is 65.8 Å². The highest BCUT2D eigenvalue weighted by Gasteiger charge is 2.26. The van der Waals surface area contributed by atoms with E-state index in [1.54, 1.807) is 0 Å². The maximum atomic E-state index is 12.2. The zero-order valence-electron chi connectivity index (χ0n) is 12.3. The van der Waals surface area contributed by atoms with Crippen molar-refractivity contribution in [2.75, 3.05) is 6.54 Å². The van der Waals surface area contributed by atoms with Gasteiger partial charge in [-0.2, -0.15) is 5.26 Å². The average Bonchev–Trinajstić information content (AvgIpc) is 2.83. The molecule has 1 aromatic heterocycles. The Morgan fingerprint density at radius 3 is 2.75 bits per heavy atom. The van der Waals surface area contributed by atoms with Crippen LogP contribution in [0.25, 0.3) is 0 Å². The van der Waals surface area contributed by atoms with E-state index >= 15 is 0 Å². The number of carbonyl (C=O) groups is 1. The first-order chi connectivity index (χ1) is 9.41. The van der Waals surface area contributed by atoms with Gasteiger partial charge in [-0.05, 0) is 19.4 Å². The quantitative estimate of drug-likeness (QED) is 0.929. The van der Waals surface area contributed by atoms with Gasteiger partial charge in [-0.3, -0.25) is 4.79 Å². The van der Waals surface area contributed by atoms with Crippen molar-refractivity contribution in [3.63, 3.8) is 0 Å². The molecule has 0 amide bonds. The predicted molar refractivity (Wildman–Crippen MR) is 79.9 cm³/mol. The van der Waals surface area contributed by atoms with E-state index in [4.69, 9.17) is 0 Å². The summed E-state index contributed by atoms with van der Waals surface area (Å²) in [4.78, 5) is 17.4. The van der Waals surface area contributed by atoms with Crippen LogP contribution in [0.3, 0.4) is 0 Å². The van der Waals surface area contributed by atoms with E-state index in [9.17, 15) is 10.1 Å². The number of aromatic nitrogens is 1. The Labute approximate surface area is 124 Å². The molecule has 1 aliphatic heterocycles. The molecule has 20 heavy (non-hydrogen) atoms. The van der Waals surface area contributed by atoms with Crippen molar-refractivity contribution in [2.24, 2.45) is 0 Å². The first kappa shape index (κ1) is 15.1. The summed E-state index contributed by atoms with van der Waals surface area (Å²) in [6.07, 6.45) is 3.51. The molecular weight excluding hydrogens is 270 g/mol. The molecule has 5 heteroatoms. The van der Waals surface area contributed by atoms with Crippen molar-refractivity contribution in [3.8, 4) is 6.07 Å². The number of nitrogens with one attached hydrogen (secondary N) is 1. The van der Waals surface area contributed by atoms with Gasteiger partial charge in [0.2, 0.25) is 0 Å². The Morgan fingerprint density at radius 1 is 1.50 bits per heavy atom. The molecule has 0 saturated carbocycles. The molecule has 0 spiro atoms. The lowest BCUT2D eigenvalue weighted by Crippen LogP contribution is -2.41. The minimum Gasteiger partial charge on any atom is -0.307 e. The van der Waals surface area contributed by atoms with Crippen LogP contribution in [0.4, 0.5) is 0 Å². The van der Waals surface area contributed by atoms with Crippen molar-refractivity contribution in [1.29, 1.82) is 5.26 Å². The van der Waals surface area contributed by atoms with Gasteiger partial charge < -0.3 is 5.32 Å². The van der Waals surface area contributed by atoms with Gasteiger partial charge >= 0.3 is 0 Å². The fourth-order valence-electron chi connectivity index (χ4n) is 2.42. The number of nitrogens with zero attached hydrogens (tertiary/aromatic N) is 2. The molecule has 4 nitrogen and oxygen atoms in total. The van der Waals surface area contributed by atoms with Crippen molar-refractivity contribution in [1.82, 2.24) is 10.3 Å². The molecule has 1 saturated heterocycles. The third-order valence-corrected chi connectivity index (χ3v) is 4.47. The van der Waals surface area contributed by atoms with Crippen LogP contribution < -0.4 is 5.32 Å². The average molecular weight is 291 g/mol. The van der Waals surface area contributed by atoms with Gasteiger partial charge in [-0.25, -0.2) is 4.98 Å². The molecule has 2 rings (SSSR count). The van der Waals surface area contributed by atoms with E-state index in [0.29, 0.717) is 11.3 Å². The Hall–Kier alpha value is -1.25. The Kier molecular flexibility index (Phi) is 4.56. The number of nitriles is 1. The second-order valence-corrected chi connectivity index (χ2v) is 7.38. The predicted octanol–water partition coefficient (Wildman–Crippen LogP) is 2.57. The van der Waals surface area contributed by atoms with Crippen LogP contribution in [0, 0.1) is 11.3 Å².